The molecule has 0 amide bonds. The number of hydrogen-bond acceptors (Lipinski definition) is 6. The van der Waals surface area contributed by atoms with Crippen molar-refractivity contribution in [1.29, 1.82) is 0 Å². The van der Waals surface area contributed by atoms with Crippen LogP contribution in [0.4, 0.5) is 8.78 Å². The van der Waals surface area contributed by atoms with Crippen LogP contribution in [0.15, 0.2) is 66.7 Å². The van der Waals surface area contributed by atoms with Gasteiger partial charge in [-0.1, -0.05) is 0 Å². The monoisotopic (exact) mass is 509 g/mol. The molecule has 0 aliphatic carbocycles. The number of fused-ring (bicyclic) bond motifs is 1. The number of phenolic OH excluding ortho intramolecular Hbond substituents is 1. The van der Waals surface area contributed by atoms with Crippen molar-refractivity contribution in [3.8, 4) is 23.0 Å². The standard InChI is InChI=1S/C28H25F2NO4S/c29-13-1-14-31-15-12-23(17-31)34-21-7-9-22(10-8-21)35-27-24-11-6-20(32)16-25(24)36-28(27)26(33)18-2-4-19(30)5-3-18/h2-11,16,23,32H,1,12-15,17H2/t23-/m1/s1. The van der Waals surface area contributed by atoms with Crippen LogP contribution in [0.2, 0.25) is 0 Å². The minimum atomic E-state index is -0.420. The average Bonchev–Trinajstić information content (AvgIpc) is 3.48. The first-order valence-corrected chi connectivity index (χ1v) is 12.6. The number of alkyl halides is 1. The summed E-state index contributed by atoms with van der Waals surface area (Å²) in [7, 11) is 0. The van der Waals surface area contributed by atoms with Crippen molar-refractivity contribution < 1.29 is 28.2 Å². The Bertz CT molecular complexity index is 1350. The molecular formula is C28H25F2NO4S. The van der Waals surface area contributed by atoms with Gasteiger partial charge in [0.05, 0.1) is 6.67 Å². The van der Waals surface area contributed by atoms with Crippen LogP contribution in [0, 0.1) is 5.82 Å². The topological polar surface area (TPSA) is 59.0 Å². The van der Waals surface area contributed by atoms with Gasteiger partial charge in [-0.3, -0.25) is 14.1 Å². The zero-order valence-corrected chi connectivity index (χ0v) is 20.3. The largest absolute Gasteiger partial charge is 0.508 e. The Hall–Kier alpha value is -3.49. The van der Waals surface area contributed by atoms with Crippen LogP contribution in [0.5, 0.6) is 23.0 Å². The summed E-state index contributed by atoms with van der Waals surface area (Å²) in [6.07, 6.45) is 1.50. The van der Waals surface area contributed by atoms with Crippen LogP contribution in [0.25, 0.3) is 10.1 Å². The van der Waals surface area contributed by atoms with Gasteiger partial charge in [0.1, 0.15) is 34.0 Å². The molecule has 1 aromatic heterocycles. The molecule has 0 bridgehead atoms. The Labute approximate surface area is 211 Å². The average molecular weight is 510 g/mol. The highest BCUT2D eigenvalue weighted by Gasteiger charge is 2.24. The number of carbonyl (C=O) groups excluding carboxylic acids is 1. The molecular weight excluding hydrogens is 484 g/mol. The van der Waals surface area contributed by atoms with E-state index in [9.17, 15) is 18.7 Å². The first-order chi connectivity index (χ1) is 17.5. The van der Waals surface area contributed by atoms with E-state index in [4.69, 9.17) is 9.47 Å². The summed E-state index contributed by atoms with van der Waals surface area (Å²) in [6, 6.07) is 17.4. The predicted molar refractivity (Wildman–Crippen MR) is 136 cm³/mol. The highest BCUT2D eigenvalue weighted by Crippen LogP contribution is 2.43. The smallest absolute Gasteiger partial charge is 0.206 e. The summed E-state index contributed by atoms with van der Waals surface area (Å²) in [5.74, 6) is 1.01. The first kappa shape index (κ1) is 24.2. The molecule has 1 aliphatic rings. The Morgan fingerprint density at radius 2 is 1.81 bits per heavy atom. The number of nitrogens with zero attached hydrogens (tertiary/aromatic N) is 1. The summed E-state index contributed by atoms with van der Waals surface area (Å²) < 4.78 is 38.8. The molecule has 5 nitrogen and oxygen atoms in total. The maximum Gasteiger partial charge on any atom is 0.206 e. The van der Waals surface area contributed by atoms with E-state index >= 15 is 0 Å². The van der Waals surface area contributed by atoms with Gasteiger partial charge in [-0.15, -0.1) is 11.3 Å². The molecule has 2 heterocycles. The number of benzene rings is 3. The van der Waals surface area contributed by atoms with Crippen molar-refractivity contribution in [3.05, 3.63) is 83.0 Å². The number of likely N-dealkylation sites (tertiary alicyclic amines) is 1. The Kier molecular flexibility index (Phi) is 7.16. The molecule has 4 aromatic rings. The van der Waals surface area contributed by atoms with Crippen molar-refractivity contribution in [3.63, 3.8) is 0 Å². The molecule has 36 heavy (non-hydrogen) atoms. The molecule has 5 rings (SSSR count). The number of rotatable bonds is 9. The first-order valence-electron chi connectivity index (χ1n) is 11.8. The number of ether oxygens (including phenoxy) is 2. The maximum atomic E-state index is 13.4. The van der Waals surface area contributed by atoms with E-state index < -0.39 is 5.82 Å². The third-order valence-corrected chi connectivity index (χ3v) is 7.26. The van der Waals surface area contributed by atoms with Crippen molar-refractivity contribution in [2.45, 2.75) is 18.9 Å². The Balaban J connectivity index is 1.35. The zero-order chi connectivity index (χ0) is 25.1. The van der Waals surface area contributed by atoms with Crippen molar-refractivity contribution >= 4 is 27.2 Å². The molecule has 0 unspecified atom stereocenters. The van der Waals surface area contributed by atoms with E-state index in [1.807, 2.05) is 12.1 Å². The van der Waals surface area contributed by atoms with Crippen molar-refractivity contribution in [1.82, 2.24) is 4.90 Å². The van der Waals surface area contributed by atoms with E-state index in [1.165, 1.54) is 35.6 Å². The molecule has 1 saturated heterocycles. The van der Waals surface area contributed by atoms with E-state index in [1.54, 1.807) is 30.3 Å². The van der Waals surface area contributed by atoms with Crippen LogP contribution in [0.1, 0.15) is 28.1 Å². The lowest BCUT2D eigenvalue weighted by atomic mass is 10.1. The minimum Gasteiger partial charge on any atom is -0.508 e. The van der Waals surface area contributed by atoms with Gasteiger partial charge in [-0.2, -0.15) is 0 Å². The molecule has 1 N–H and O–H groups in total. The summed E-state index contributed by atoms with van der Waals surface area (Å²) in [5, 5.41) is 10.6. The van der Waals surface area contributed by atoms with Gasteiger partial charge in [0.2, 0.25) is 5.78 Å². The third kappa shape index (κ3) is 5.34. The van der Waals surface area contributed by atoms with E-state index in [2.05, 4.69) is 4.90 Å². The maximum absolute atomic E-state index is 13.4. The molecule has 1 aliphatic heterocycles. The second kappa shape index (κ2) is 10.6. The fourth-order valence-corrected chi connectivity index (χ4v) is 5.45. The number of aromatic hydroxyl groups is 1. The van der Waals surface area contributed by atoms with Gasteiger partial charge in [-0.25, -0.2) is 4.39 Å². The summed E-state index contributed by atoms with van der Waals surface area (Å²) >= 11 is 1.21. The lowest BCUT2D eigenvalue weighted by Gasteiger charge is -2.16. The lowest BCUT2D eigenvalue weighted by Crippen LogP contribution is -2.26. The lowest BCUT2D eigenvalue weighted by molar-refractivity contribution is 0.104. The second-order valence-corrected chi connectivity index (χ2v) is 9.77. The fraction of sp³-hybridized carbons (Fsp3) is 0.250. The molecule has 0 saturated carbocycles. The molecule has 186 valence electrons. The molecule has 8 heteroatoms. The molecule has 1 atom stereocenters. The van der Waals surface area contributed by atoms with Gasteiger partial charge in [-0.05, 0) is 79.6 Å². The minimum absolute atomic E-state index is 0.0600. The molecule has 0 spiro atoms. The van der Waals surface area contributed by atoms with Crippen molar-refractivity contribution in [2.24, 2.45) is 0 Å². The third-order valence-electron chi connectivity index (χ3n) is 6.12. The van der Waals surface area contributed by atoms with Gasteiger partial charge >= 0.3 is 0 Å². The van der Waals surface area contributed by atoms with Crippen LogP contribution in [-0.4, -0.2) is 48.2 Å². The van der Waals surface area contributed by atoms with Crippen LogP contribution in [0.3, 0.4) is 0 Å². The van der Waals surface area contributed by atoms with E-state index in [-0.39, 0.29) is 24.3 Å². The van der Waals surface area contributed by atoms with Crippen LogP contribution < -0.4 is 9.47 Å². The van der Waals surface area contributed by atoms with Gasteiger partial charge < -0.3 is 14.6 Å². The molecule has 0 radical (unpaired) electrons. The SMILES string of the molecule is O=C(c1ccc(F)cc1)c1sc2cc(O)ccc2c1Oc1ccc(O[C@@H]2CCN(CCCF)C2)cc1. The summed E-state index contributed by atoms with van der Waals surface area (Å²) in [5.41, 5.74) is 0.345. The highest BCUT2D eigenvalue weighted by atomic mass is 32.1. The van der Waals surface area contributed by atoms with Gasteiger partial charge in [0.25, 0.3) is 0 Å². The molecule has 3 aromatic carbocycles. The quantitative estimate of drug-likeness (QED) is 0.258. The van der Waals surface area contributed by atoms with Gasteiger partial charge in [0, 0.05) is 35.3 Å². The number of carbonyl (C=O) groups is 1. The Morgan fingerprint density at radius 1 is 1.06 bits per heavy atom. The fourth-order valence-electron chi connectivity index (χ4n) is 4.32. The van der Waals surface area contributed by atoms with Crippen LogP contribution in [-0.2, 0) is 0 Å². The van der Waals surface area contributed by atoms with Crippen molar-refractivity contribution in [2.75, 3.05) is 26.3 Å². The zero-order valence-electron chi connectivity index (χ0n) is 19.5. The van der Waals surface area contributed by atoms with Crippen LogP contribution >= 0.6 is 11.3 Å². The number of halogens is 2. The summed E-state index contributed by atoms with van der Waals surface area (Å²) in [4.78, 5) is 15.8. The Morgan fingerprint density at radius 3 is 2.56 bits per heavy atom. The highest BCUT2D eigenvalue weighted by molar-refractivity contribution is 7.21. The van der Waals surface area contributed by atoms with Gasteiger partial charge in [0.15, 0.2) is 5.75 Å². The number of hydrogen-bond donors (Lipinski definition) is 1. The van der Waals surface area contributed by atoms with E-state index in [0.29, 0.717) is 44.2 Å². The number of phenols is 1. The number of ketones is 1. The summed E-state index contributed by atoms with van der Waals surface area (Å²) in [6.45, 7) is 2.12. The predicted octanol–water partition coefficient (Wildman–Crippen LogP) is 6.58. The molecule has 1 fully saturated rings. The number of thiophene rings is 1. The normalized spacial score (nSPS) is 15.9. The second-order valence-electron chi connectivity index (χ2n) is 8.72. The van der Waals surface area contributed by atoms with E-state index in [0.717, 1.165) is 26.1 Å².